The molecule has 2 aromatic rings. The lowest BCUT2D eigenvalue weighted by molar-refractivity contribution is -0.137. The smallest absolute Gasteiger partial charge is 0.384 e. The average Bonchev–Trinajstić information content (AvgIpc) is 2.79. The Bertz CT molecular complexity index is 1110. The maximum absolute atomic E-state index is 13.1. The third-order valence-corrected chi connectivity index (χ3v) is 6.20. The number of rotatable bonds is 5. The summed E-state index contributed by atoms with van der Waals surface area (Å²) in [5.41, 5.74) is -0.312. The van der Waals surface area contributed by atoms with Crippen LogP contribution in [-0.4, -0.2) is 48.1 Å². The van der Waals surface area contributed by atoms with E-state index in [2.05, 4.69) is 5.32 Å². The van der Waals surface area contributed by atoms with Crippen molar-refractivity contribution in [1.29, 1.82) is 0 Å². The van der Waals surface area contributed by atoms with E-state index in [0.29, 0.717) is 32.7 Å². The van der Waals surface area contributed by atoms with Gasteiger partial charge in [0, 0.05) is 43.9 Å². The zero-order valence-corrected chi connectivity index (χ0v) is 18.0. The number of carbonyl (C=O) groups excluding carboxylic acids is 2. The van der Waals surface area contributed by atoms with Crippen molar-refractivity contribution < 1.29 is 27.5 Å². The maximum atomic E-state index is 13.1. The molecule has 2 bridgehead atoms. The number of fused-ring (bicyclic) bond motifs is 4. The minimum Gasteiger partial charge on any atom is -0.384 e. The number of piperidine rings is 1. The number of ether oxygens (including phenoxy) is 1. The molecule has 0 spiro atoms. The van der Waals surface area contributed by atoms with E-state index in [1.54, 1.807) is 17.7 Å². The van der Waals surface area contributed by atoms with E-state index >= 15 is 0 Å². The molecule has 1 aromatic heterocycles. The number of anilines is 1. The Kier molecular flexibility index (Phi) is 6.29. The van der Waals surface area contributed by atoms with Gasteiger partial charge in [-0.3, -0.25) is 14.4 Å². The molecule has 1 saturated heterocycles. The fourth-order valence-corrected chi connectivity index (χ4v) is 4.60. The number of likely N-dealkylation sites (tertiary alicyclic amines) is 1. The summed E-state index contributed by atoms with van der Waals surface area (Å²) in [6, 6.07) is 7.10. The normalized spacial score (nSPS) is 19.7. The van der Waals surface area contributed by atoms with E-state index in [0.717, 1.165) is 36.4 Å². The Morgan fingerprint density at radius 2 is 1.82 bits per heavy atom. The first kappa shape index (κ1) is 23.0. The zero-order valence-electron chi connectivity index (χ0n) is 18.0. The van der Waals surface area contributed by atoms with Crippen molar-refractivity contribution in [2.24, 2.45) is 5.92 Å². The third-order valence-electron chi connectivity index (χ3n) is 6.20. The summed E-state index contributed by atoms with van der Waals surface area (Å²) < 4.78 is 44.8. The van der Waals surface area contributed by atoms with Gasteiger partial charge >= 0.3 is 6.18 Å². The Labute approximate surface area is 188 Å². The second-order valence-electron chi connectivity index (χ2n) is 8.46. The van der Waals surface area contributed by atoms with Crippen LogP contribution < -0.4 is 10.9 Å². The van der Waals surface area contributed by atoms with Crippen LogP contribution >= 0.6 is 0 Å². The van der Waals surface area contributed by atoms with Gasteiger partial charge in [-0.05, 0) is 48.7 Å². The van der Waals surface area contributed by atoms with Crippen LogP contribution in [0.25, 0.3) is 0 Å². The van der Waals surface area contributed by atoms with E-state index in [1.807, 2.05) is 4.90 Å². The second-order valence-corrected chi connectivity index (χ2v) is 8.46. The van der Waals surface area contributed by atoms with Crippen LogP contribution in [0, 0.1) is 5.92 Å². The summed E-state index contributed by atoms with van der Waals surface area (Å²) in [6.45, 7) is 1.88. The molecule has 2 unspecified atom stereocenters. The molecule has 2 aliphatic heterocycles. The summed E-state index contributed by atoms with van der Waals surface area (Å²) in [5.74, 6) is -0.479. The predicted molar refractivity (Wildman–Crippen MR) is 114 cm³/mol. The lowest BCUT2D eigenvalue weighted by Crippen LogP contribution is -2.49. The minimum atomic E-state index is -4.49. The third kappa shape index (κ3) is 4.80. The van der Waals surface area contributed by atoms with Crippen molar-refractivity contribution in [2.45, 2.75) is 31.5 Å². The SMILES string of the molecule is COCCC(=O)N1CC2CC(C1)c1ccc(NC(=O)c3ccc(C(F)(F)F)cc3)c(=O)n1C2. The Balaban J connectivity index is 1.50. The van der Waals surface area contributed by atoms with Gasteiger partial charge in [-0.1, -0.05) is 0 Å². The van der Waals surface area contributed by atoms with Crippen LogP contribution in [0.2, 0.25) is 0 Å². The largest absolute Gasteiger partial charge is 0.416 e. The van der Waals surface area contributed by atoms with E-state index in [-0.39, 0.29) is 34.6 Å². The number of carbonyl (C=O) groups is 2. The molecule has 4 rings (SSSR count). The van der Waals surface area contributed by atoms with Crippen molar-refractivity contribution in [3.63, 3.8) is 0 Å². The van der Waals surface area contributed by atoms with Gasteiger partial charge in [0.15, 0.2) is 0 Å². The van der Waals surface area contributed by atoms with Gasteiger partial charge < -0.3 is 19.5 Å². The van der Waals surface area contributed by atoms with Crippen LogP contribution in [0.15, 0.2) is 41.2 Å². The van der Waals surface area contributed by atoms with Gasteiger partial charge in [-0.15, -0.1) is 0 Å². The molecule has 7 nitrogen and oxygen atoms in total. The quantitative estimate of drug-likeness (QED) is 0.739. The highest BCUT2D eigenvalue weighted by molar-refractivity contribution is 6.04. The van der Waals surface area contributed by atoms with Crippen LogP contribution in [0.4, 0.5) is 18.9 Å². The van der Waals surface area contributed by atoms with E-state index in [1.165, 1.54) is 6.07 Å². The van der Waals surface area contributed by atoms with Crippen molar-refractivity contribution in [3.8, 4) is 0 Å². The van der Waals surface area contributed by atoms with E-state index in [9.17, 15) is 27.6 Å². The van der Waals surface area contributed by atoms with Crippen LogP contribution in [0.1, 0.15) is 40.4 Å². The van der Waals surface area contributed by atoms with Gasteiger partial charge in [0.25, 0.3) is 11.5 Å². The maximum Gasteiger partial charge on any atom is 0.416 e. The molecular weight excluding hydrogens is 439 g/mol. The first-order valence-corrected chi connectivity index (χ1v) is 10.7. The molecule has 0 saturated carbocycles. The standard InChI is InChI=1S/C23H24F3N3O4/c1-33-9-8-20(30)28-11-14-10-16(13-28)19-7-6-18(22(32)29(19)12-14)27-21(31)15-2-4-17(5-3-15)23(24,25)26/h2-7,14,16H,8-13H2,1H3,(H,27,31). The lowest BCUT2D eigenvalue weighted by Gasteiger charge is -2.43. The Morgan fingerprint density at radius 1 is 1.09 bits per heavy atom. The molecule has 0 radical (unpaired) electrons. The van der Waals surface area contributed by atoms with Gasteiger partial charge in [-0.2, -0.15) is 13.2 Å². The van der Waals surface area contributed by atoms with Gasteiger partial charge in [-0.25, -0.2) is 0 Å². The molecule has 10 heteroatoms. The number of methoxy groups -OCH3 is 1. The number of alkyl halides is 3. The highest BCUT2D eigenvalue weighted by atomic mass is 19.4. The van der Waals surface area contributed by atoms with Crippen molar-refractivity contribution in [3.05, 3.63) is 63.6 Å². The summed E-state index contributed by atoms with van der Waals surface area (Å²) in [6.07, 6.45) is -3.29. The number of benzene rings is 1. The molecule has 0 aliphatic carbocycles. The van der Waals surface area contributed by atoms with E-state index < -0.39 is 17.6 Å². The summed E-state index contributed by atoms with van der Waals surface area (Å²) in [4.78, 5) is 39.8. The fourth-order valence-electron chi connectivity index (χ4n) is 4.60. The van der Waals surface area contributed by atoms with Gasteiger partial charge in [0.1, 0.15) is 5.69 Å². The van der Waals surface area contributed by atoms with Crippen molar-refractivity contribution in [2.75, 3.05) is 32.1 Å². The second kappa shape index (κ2) is 9.01. The zero-order chi connectivity index (χ0) is 23.8. The highest BCUT2D eigenvalue weighted by Gasteiger charge is 2.36. The molecule has 3 heterocycles. The lowest BCUT2D eigenvalue weighted by atomic mass is 9.83. The molecule has 33 heavy (non-hydrogen) atoms. The van der Waals surface area contributed by atoms with Crippen LogP contribution in [0.5, 0.6) is 0 Å². The Hall–Kier alpha value is -3.14. The number of halogens is 3. The number of amides is 2. The number of hydrogen-bond acceptors (Lipinski definition) is 4. The van der Waals surface area contributed by atoms with Crippen molar-refractivity contribution in [1.82, 2.24) is 9.47 Å². The highest BCUT2D eigenvalue weighted by Crippen LogP contribution is 2.35. The molecule has 2 aliphatic rings. The predicted octanol–water partition coefficient (Wildman–Crippen LogP) is 3.10. The molecule has 1 aromatic carbocycles. The molecule has 1 fully saturated rings. The first-order chi connectivity index (χ1) is 15.7. The summed E-state index contributed by atoms with van der Waals surface area (Å²) >= 11 is 0. The Morgan fingerprint density at radius 3 is 2.48 bits per heavy atom. The molecular formula is C23H24F3N3O4. The number of nitrogens with one attached hydrogen (secondary N) is 1. The van der Waals surface area contributed by atoms with Crippen LogP contribution in [-0.2, 0) is 22.3 Å². The summed E-state index contributed by atoms with van der Waals surface area (Å²) in [7, 11) is 1.55. The molecule has 2 atom stereocenters. The number of nitrogens with zero attached hydrogens (tertiary/aromatic N) is 2. The fraction of sp³-hybridized carbons (Fsp3) is 0.435. The topological polar surface area (TPSA) is 80.6 Å². The molecule has 2 amide bonds. The first-order valence-electron chi connectivity index (χ1n) is 10.7. The monoisotopic (exact) mass is 463 g/mol. The minimum absolute atomic E-state index is 0.0206. The van der Waals surface area contributed by atoms with Gasteiger partial charge in [0.05, 0.1) is 18.6 Å². The number of pyridine rings is 1. The summed E-state index contributed by atoms with van der Waals surface area (Å²) in [5, 5.41) is 2.52. The van der Waals surface area contributed by atoms with Crippen LogP contribution in [0.3, 0.4) is 0 Å². The molecule has 176 valence electrons. The van der Waals surface area contributed by atoms with E-state index in [4.69, 9.17) is 4.74 Å². The molecule has 1 N–H and O–H groups in total. The number of aromatic nitrogens is 1. The van der Waals surface area contributed by atoms with Gasteiger partial charge in [0.2, 0.25) is 5.91 Å². The van der Waals surface area contributed by atoms with Crippen molar-refractivity contribution >= 4 is 17.5 Å². The average molecular weight is 463 g/mol. The number of hydrogen-bond donors (Lipinski definition) is 1.